The summed E-state index contributed by atoms with van der Waals surface area (Å²) >= 11 is 0. The van der Waals surface area contributed by atoms with Crippen molar-refractivity contribution < 1.29 is 35.8 Å². The molecule has 2 nitrogen and oxygen atoms in total. The molecule has 2 rings (SSSR count). The smallest absolute Gasteiger partial charge is 0.406 e. The Bertz CT molecular complexity index is 717. The second kappa shape index (κ2) is 6.46. The third-order valence-corrected chi connectivity index (χ3v) is 2.82. The van der Waals surface area contributed by atoms with Gasteiger partial charge in [-0.25, -0.2) is 0 Å². The number of rotatable bonds is 4. The first-order valence-electron chi connectivity index (χ1n) is 6.45. The van der Waals surface area contributed by atoms with Gasteiger partial charge in [0.05, 0.1) is 0 Å². The van der Waals surface area contributed by atoms with Crippen LogP contribution in [0.3, 0.4) is 0 Å². The van der Waals surface area contributed by atoms with Gasteiger partial charge in [-0.2, -0.15) is 0 Å². The summed E-state index contributed by atoms with van der Waals surface area (Å²) in [7, 11) is 0. The van der Waals surface area contributed by atoms with Gasteiger partial charge in [-0.05, 0) is 47.0 Å². The van der Waals surface area contributed by atoms with Gasteiger partial charge in [0.2, 0.25) is 0 Å². The number of halogens is 6. The fourth-order valence-corrected chi connectivity index (χ4v) is 1.95. The Hall–Kier alpha value is -2.64. The lowest BCUT2D eigenvalue weighted by Crippen LogP contribution is -2.17. The predicted molar refractivity (Wildman–Crippen MR) is 75.3 cm³/mol. The van der Waals surface area contributed by atoms with Crippen LogP contribution in [0.4, 0.5) is 26.3 Å². The Labute approximate surface area is 132 Å². The van der Waals surface area contributed by atoms with E-state index in [-0.39, 0.29) is 0 Å². The quantitative estimate of drug-likeness (QED) is 0.651. The molecule has 0 bridgehead atoms. The van der Waals surface area contributed by atoms with E-state index >= 15 is 0 Å². The summed E-state index contributed by atoms with van der Waals surface area (Å²) in [6, 6.07) is 8.50. The van der Waals surface area contributed by atoms with Crippen LogP contribution in [0.2, 0.25) is 0 Å². The van der Waals surface area contributed by atoms with E-state index < -0.39 is 24.2 Å². The van der Waals surface area contributed by atoms with Crippen LogP contribution in [-0.2, 0) is 0 Å². The lowest BCUT2D eigenvalue weighted by molar-refractivity contribution is -0.275. The van der Waals surface area contributed by atoms with Crippen molar-refractivity contribution in [1.29, 1.82) is 0 Å². The molecule has 0 aliphatic heterocycles. The van der Waals surface area contributed by atoms with Crippen LogP contribution in [0.25, 0.3) is 17.2 Å². The summed E-state index contributed by atoms with van der Waals surface area (Å²) in [6.45, 7) is 3.48. The molecule has 0 unspecified atom stereocenters. The second-order valence-electron chi connectivity index (χ2n) is 4.61. The van der Waals surface area contributed by atoms with Crippen molar-refractivity contribution in [3.05, 3.63) is 54.6 Å². The minimum atomic E-state index is -4.86. The summed E-state index contributed by atoms with van der Waals surface area (Å²) in [5.41, 5.74) is 1.08. The fraction of sp³-hybridized carbons (Fsp3) is 0.125. The van der Waals surface area contributed by atoms with Gasteiger partial charge in [0.25, 0.3) is 0 Å². The van der Waals surface area contributed by atoms with E-state index in [9.17, 15) is 26.3 Å². The van der Waals surface area contributed by atoms with Crippen molar-refractivity contribution in [2.75, 3.05) is 0 Å². The maximum absolute atomic E-state index is 12.4. The van der Waals surface area contributed by atoms with Crippen molar-refractivity contribution in [3.63, 3.8) is 0 Å². The number of ether oxygens (including phenoxy) is 2. The molecule has 2 aromatic rings. The Morgan fingerprint density at radius 3 is 1.75 bits per heavy atom. The molecule has 0 spiro atoms. The molecule has 24 heavy (non-hydrogen) atoms. The van der Waals surface area contributed by atoms with E-state index in [1.807, 2.05) is 0 Å². The van der Waals surface area contributed by atoms with Gasteiger partial charge in [-0.15, -0.1) is 26.3 Å². The molecule has 0 saturated heterocycles. The van der Waals surface area contributed by atoms with Crippen LogP contribution in [0, 0.1) is 0 Å². The van der Waals surface area contributed by atoms with Gasteiger partial charge in [0.1, 0.15) is 11.5 Å². The molecule has 0 radical (unpaired) electrons. The number of hydrogen-bond acceptors (Lipinski definition) is 2. The largest absolute Gasteiger partial charge is 0.573 e. The first kappa shape index (κ1) is 17.7. The summed E-state index contributed by atoms with van der Waals surface area (Å²) in [4.78, 5) is 0. The topological polar surface area (TPSA) is 18.5 Å². The summed E-state index contributed by atoms with van der Waals surface area (Å²) in [5.74, 6) is -0.886. The lowest BCUT2D eigenvalue weighted by atomic mass is 10.0. The van der Waals surface area contributed by atoms with Gasteiger partial charge in [-0.1, -0.05) is 24.8 Å². The lowest BCUT2D eigenvalue weighted by Gasteiger charge is -2.12. The molecule has 0 fully saturated rings. The molecule has 0 aliphatic carbocycles. The van der Waals surface area contributed by atoms with Crippen LogP contribution >= 0.6 is 0 Å². The van der Waals surface area contributed by atoms with E-state index in [4.69, 9.17) is 0 Å². The highest BCUT2D eigenvalue weighted by molar-refractivity contribution is 5.69. The van der Waals surface area contributed by atoms with Gasteiger partial charge >= 0.3 is 12.7 Å². The Morgan fingerprint density at radius 1 is 0.708 bits per heavy atom. The highest BCUT2D eigenvalue weighted by atomic mass is 19.4. The normalized spacial score (nSPS) is 11.9. The molecule has 128 valence electrons. The van der Waals surface area contributed by atoms with E-state index in [1.165, 1.54) is 24.3 Å². The minimum absolute atomic E-state index is 0.324. The maximum Gasteiger partial charge on any atom is 0.573 e. The maximum atomic E-state index is 12.4. The Morgan fingerprint density at radius 2 is 1.25 bits per heavy atom. The second-order valence-corrected chi connectivity index (χ2v) is 4.61. The first-order valence-corrected chi connectivity index (χ1v) is 6.45. The number of alkyl halides is 6. The Balaban J connectivity index is 2.33. The molecule has 0 heterocycles. The summed E-state index contributed by atoms with van der Waals surface area (Å²) < 4.78 is 81.0. The summed E-state index contributed by atoms with van der Waals surface area (Å²) in [6.07, 6.45) is -8.35. The molecule has 0 aliphatic rings. The molecule has 0 N–H and O–H groups in total. The molecule has 0 amide bonds. The third-order valence-electron chi connectivity index (χ3n) is 2.82. The van der Waals surface area contributed by atoms with Crippen LogP contribution in [0.15, 0.2) is 49.0 Å². The van der Waals surface area contributed by atoms with E-state index in [0.29, 0.717) is 16.7 Å². The average Bonchev–Trinajstić information content (AvgIpc) is 2.44. The molecular weight excluding hydrogens is 338 g/mol. The average molecular weight is 348 g/mol. The number of hydrogen-bond donors (Lipinski definition) is 0. The van der Waals surface area contributed by atoms with Crippen molar-refractivity contribution in [2.24, 2.45) is 0 Å². The molecule has 0 saturated carbocycles. The van der Waals surface area contributed by atoms with E-state index in [2.05, 4.69) is 16.1 Å². The van der Waals surface area contributed by atoms with Gasteiger partial charge in [0.15, 0.2) is 0 Å². The van der Waals surface area contributed by atoms with Crippen LogP contribution in [-0.4, -0.2) is 12.7 Å². The van der Waals surface area contributed by atoms with Crippen molar-refractivity contribution >= 4 is 6.08 Å². The standard InChI is InChI=1S/C16H10F6O2/c1-2-10-7-12(9-14(8-10)24-16(20,21)22)11-3-5-13(6-4-11)23-15(17,18)19/h2-9H,1H2. The predicted octanol–water partition coefficient (Wildman–Crippen LogP) is 5.79. The van der Waals surface area contributed by atoms with E-state index in [0.717, 1.165) is 24.3 Å². The third kappa shape index (κ3) is 5.22. The monoisotopic (exact) mass is 348 g/mol. The zero-order chi connectivity index (χ0) is 18.0. The number of benzene rings is 2. The molecule has 8 heteroatoms. The molecule has 2 aromatic carbocycles. The van der Waals surface area contributed by atoms with Gasteiger partial charge in [0, 0.05) is 0 Å². The fourth-order valence-electron chi connectivity index (χ4n) is 1.95. The van der Waals surface area contributed by atoms with Gasteiger partial charge < -0.3 is 9.47 Å². The highest BCUT2D eigenvalue weighted by Crippen LogP contribution is 2.32. The summed E-state index contributed by atoms with van der Waals surface area (Å²) in [5, 5.41) is 0. The molecular formula is C16H10F6O2. The highest BCUT2D eigenvalue weighted by Gasteiger charge is 2.32. The van der Waals surface area contributed by atoms with Crippen molar-refractivity contribution in [1.82, 2.24) is 0 Å². The van der Waals surface area contributed by atoms with E-state index in [1.54, 1.807) is 0 Å². The Kier molecular flexibility index (Phi) is 4.77. The zero-order valence-corrected chi connectivity index (χ0v) is 11.9. The van der Waals surface area contributed by atoms with Crippen LogP contribution in [0.1, 0.15) is 5.56 Å². The zero-order valence-electron chi connectivity index (χ0n) is 11.9. The van der Waals surface area contributed by atoms with Gasteiger partial charge in [-0.3, -0.25) is 0 Å². The van der Waals surface area contributed by atoms with Crippen molar-refractivity contribution in [3.8, 4) is 22.6 Å². The molecule has 0 atom stereocenters. The molecule has 0 aromatic heterocycles. The van der Waals surface area contributed by atoms with Crippen LogP contribution < -0.4 is 9.47 Å². The SMILES string of the molecule is C=Cc1cc(OC(F)(F)F)cc(-c2ccc(OC(F)(F)F)cc2)c1. The van der Waals surface area contributed by atoms with Crippen molar-refractivity contribution in [2.45, 2.75) is 12.7 Å². The first-order chi connectivity index (χ1) is 11.1. The van der Waals surface area contributed by atoms with Crippen LogP contribution in [0.5, 0.6) is 11.5 Å². The minimum Gasteiger partial charge on any atom is -0.406 e.